The van der Waals surface area contributed by atoms with Gasteiger partial charge in [0, 0.05) is 38.1 Å². The van der Waals surface area contributed by atoms with Crippen LogP contribution in [0.25, 0.3) is 0 Å². The van der Waals surface area contributed by atoms with Gasteiger partial charge in [-0.1, -0.05) is 19.9 Å². The molecule has 17 heavy (non-hydrogen) atoms. The van der Waals surface area contributed by atoms with Gasteiger partial charge in [-0.2, -0.15) is 0 Å². The van der Waals surface area contributed by atoms with Crippen molar-refractivity contribution >= 4 is 38.6 Å². The Morgan fingerprint density at radius 1 is 1.35 bits per heavy atom. The predicted molar refractivity (Wildman–Crippen MR) is 81.1 cm³/mol. The predicted octanol–water partition coefficient (Wildman–Crippen LogP) is 4.64. The van der Waals surface area contributed by atoms with Crippen molar-refractivity contribution in [2.75, 3.05) is 6.54 Å². The van der Waals surface area contributed by atoms with Crippen LogP contribution in [-0.4, -0.2) is 6.54 Å². The molecule has 0 aliphatic rings. The van der Waals surface area contributed by atoms with Crippen LogP contribution in [0.3, 0.4) is 0 Å². The highest BCUT2D eigenvalue weighted by molar-refractivity contribution is 9.10. The molecule has 4 heteroatoms. The fraction of sp³-hybridized carbons (Fsp3) is 0.385. The minimum absolute atomic E-state index is 0.211. The van der Waals surface area contributed by atoms with Gasteiger partial charge in [-0.05, 0) is 33.4 Å². The summed E-state index contributed by atoms with van der Waals surface area (Å²) in [6.45, 7) is 6.53. The second kappa shape index (κ2) is 5.65. The van der Waals surface area contributed by atoms with Gasteiger partial charge in [0.1, 0.15) is 0 Å². The molecule has 2 aromatic heterocycles. The van der Waals surface area contributed by atoms with Gasteiger partial charge in [0.05, 0.1) is 0 Å². The summed E-state index contributed by atoms with van der Waals surface area (Å²) in [6, 6.07) is 6.52. The van der Waals surface area contributed by atoms with Gasteiger partial charge in [0.15, 0.2) is 0 Å². The maximum atomic E-state index is 3.54. The van der Waals surface area contributed by atoms with Crippen molar-refractivity contribution in [2.24, 2.45) is 0 Å². The van der Waals surface area contributed by atoms with E-state index in [0.717, 1.165) is 13.1 Å². The average Bonchev–Trinajstić information content (AvgIpc) is 2.89. The lowest BCUT2D eigenvalue weighted by Gasteiger charge is -2.23. The molecule has 0 unspecified atom stereocenters. The normalized spacial score (nSPS) is 11.9. The summed E-state index contributed by atoms with van der Waals surface area (Å²) in [4.78, 5) is 2.82. The van der Waals surface area contributed by atoms with Gasteiger partial charge in [-0.3, -0.25) is 0 Å². The van der Waals surface area contributed by atoms with Crippen LogP contribution in [0.15, 0.2) is 33.4 Å². The van der Waals surface area contributed by atoms with Crippen LogP contribution >= 0.6 is 38.6 Å². The summed E-state index contributed by atoms with van der Waals surface area (Å²) in [5.41, 5.74) is 0.211. The Balaban J connectivity index is 1.86. The molecule has 0 radical (unpaired) electrons. The smallest absolute Gasteiger partial charge is 0.0300 e. The first-order chi connectivity index (χ1) is 8.08. The van der Waals surface area contributed by atoms with Crippen molar-refractivity contribution in [3.63, 3.8) is 0 Å². The lowest BCUT2D eigenvalue weighted by Crippen LogP contribution is -2.31. The Labute approximate surface area is 119 Å². The van der Waals surface area contributed by atoms with Crippen molar-refractivity contribution in [3.8, 4) is 0 Å². The monoisotopic (exact) mass is 329 g/mol. The zero-order valence-corrected chi connectivity index (χ0v) is 13.2. The summed E-state index contributed by atoms with van der Waals surface area (Å²) in [7, 11) is 0. The van der Waals surface area contributed by atoms with Crippen molar-refractivity contribution in [3.05, 3.63) is 43.2 Å². The first-order valence-corrected chi connectivity index (χ1v) is 8.11. The Kier molecular flexibility index (Phi) is 4.42. The van der Waals surface area contributed by atoms with Crippen LogP contribution in [0, 0.1) is 0 Å². The fourth-order valence-electron chi connectivity index (χ4n) is 1.70. The van der Waals surface area contributed by atoms with Gasteiger partial charge < -0.3 is 5.32 Å². The minimum Gasteiger partial charge on any atom is -0.311 e. The number of hydrogen-bond donors (Lipinski definition) is 1. The maximum Gasteiger partial charge on any atom is 0.0300 e. The van der Waals surface area contributed by atoms with E-state index < -0.39 is 0 Å². The second-order valence-corrected chi connectivity index (χ2v) is 7.56. The summed E-state index contributed by atoms with van der Waals surface area (Å²) >= 11 is 7.11. The molecule has 92 valence electrons. The topological polar surface area (TPSA) is 12.0 Å². The van der Waals surface area contributed by atoms with E-state index in [0.29, 0.717) is 0 Å². The van der Waals surface area contributed by atoms with Crippen LogP contribution in [0.5, 0.6) is 0 Å². The number of halogens is 1. The van der Waals surface area contributed by atoms with Gasteiger partial charge in [-0.15, -0.1) is 22.7 Å². The zero-order valence-electron chi connectivity index (χ0n) is 10.00. The first kappa shape index (κ1) is 13.3. The van der Waals surface area contributed by atoms with Crippen LogP contribution in [0.1, 0.15) is 23.6 Å². The Bertz CT molecular complexity index is 459. The van der Waals surface area contributed by atoms with Gasteiger partial charge >= 0.3 is 0 Å². The van der Waals surface area contributed by atoms with Crippen LogP contribution < -0.4 is 5.32 Å². The maximum absolute atomic E-state index is 3.54. The average molecular weight is 330 g/mol. The molecule has 0 aliphatic heterocycles. The molecular weight excluding hydrogens is 314 g/mol. The molecule has 0 spiro atoms. The van der Waals surface area contributed by atoms with Gasteiger partial charge in [0.2, 0.25) is 0 Å². The van der Waals surface area contributed by atoms with E-state index in [1.54, 1.807) is 11.3 Å². The number of rotatable bonds is 5. The lowest BCUT2D eigenvalue weighted by atomic mass is 9.91. The van der Waals surface area contributed by atoms with Gasteiger partial charge in [0.25, 0.3) is 0 Å². The minimum atomic E-state index is 0.211. The van der Waals surface area contributed by atoms with E-state index in [2.05, 4.69) is 64.1 Å². The quantitative estimate of drug-likeness (QED) is 0.842. The highest BCUT2D eigenvalue weighted by atomic mass is 79.9. The molecule has 0 saturated heterocycles. The molecule has 1 N–H and O–H groups in total. The number of nitrogens with one attached hydrogen (secondary N) is 1. The SMILES string of the molecule is CC(C)(CNCc1cc(Br)cs1)c1cccs1. The van der Waals surface area contributed by atoms with E-state index in [1.807, 2.05) is 11.3 Å². The standard InChI is InChI=1S/C13H16BrNS2/c1-13(2,12-4-3-5-16-12)9-15-7-11-6-10(14)8-17-11/h3-6,8,15H,7,9H2,1-2H3. The van der Waals surface area contributed by atoms with E-state index >= 15 is 0 Å². The van der Waals surface area contributed by atoms with Crippen molar-refractivity contribution < 1.29 is 0 Å². The molecule has 0 aliphatic carbocycles. The van der Waals surface area contributed by atoms with E-state index in [1.165, 1.54) is 14.2 Å². The van der Waals surface area contributed by atoms with Crippen molar-refractivity contribution in [2.45, 2.75) is 25.8 Å². The van der Waals surface area contributed by atoms with E-state index in [-0.39, 0.29) is 5.41 Å². The highest BCUT2D eigenvalue weighted by Gasteiger charge is 2.20. The molecule has 0 aromatic carbocycles. The molecular formula is C13H16BrNS2. The molecule has 0 bridgehead atoms. The molecule has 2 rings (SSSR count). The van der Waals surface area contributed by atoms with Crippen molar-refractivity contribution in [1.29, 1.82) is 0 Å². The zero-order chi connectivity index (χ0) is 12.3. The molecule has 0 saturated carbocycles. The summed E-state index contributed by atoms with van der Waals surface area (Å²) in [5, 5.41) is 7.81. The lowest BCUT2D eigenvalue weighted by molar-refractivity contribution is 0.478. The number of thiophene rings is 2. The van der Waals surface area contributed by atoms with E-state index in [9.17, 15) is 0 Å². The van der Waals surface area contributed by atoms with Gasteiger partial charge in [-0.25, -0.2) is 0 Å². The molecule has 0 fully saturated rings. The van der Waals surface area contributed by atoms with Crippen LogP contribution in [0.2, 0.25) is 0 Å². The van der Waals surface area contributed by atoms with E-state index in [4.69, 9.17) is 0 Å². The second-order valence-electron chi connectivity index (χ2n) is 4.70. The fourth-order valence-corrected chi connectivity index (χ4v) is 3.97. The third-order valence-corrected chi connectivity index (χ3v) is 5.61. The summed E-state index contributed by atoms with van der Waals surface area (Å²) in [5.74, 6) is 0. The molecule has 0 amide bonds. The third-order valence-electron chi connectivity index (χ3n) is 2.68. The van der Waals surface area contributed by atoms with Crippen molar-refractivity contribution in [1.82, 2.24) is 5.32 Å². The van der Waals surface area contributed by atoms with Crippen LogP contribution in [0.4, 0.5) is 0 Å². The molecule has 2 aromatic rings. The largest absolute Gasteiger partial charge is 0.311 e. The number of hydrogen-bond acceptors (Lipinski definition) is 3. The summed E-state index contributed by atoms with van der Waals surface area (Å²) in [6.07, 6.45) is 0. The Hall–Kier alpha value is -0.160. The summed E-state index contributed by atoms with van der Waals surface area (Å²) < 4.78 is 1.18. The Morgan fingerprint density at radius 2 is 2.18 bits per heavy atom. The molecule has 2 heterocycles. The molecule has 1 nitrogen and oxygen atoms in total. The molecule has 0 atom stereocenters. The third kappa shape index (κ3) is 3.65. The first-order valence-electron chi connectivity index (χ1n) is 5.55. The Morgan fingerprint density at radius 3 is 2.76 bits per heavy atom. The highest BCUT2D eigenvalue weighted by Crippen LogP contribution is 2.27. The van der Waals surface area contributed by atoms with Crippen LogP contribution in [-0.2, 0) is 12.0 Å².